The molecule has 0 spiro atoms. The molecule has 2 aromatic rings. The van der Waals surface area contributed by atoms with Crippen LogP contribution in [0.3, 0.4) is 0 Å². The van der Waals surface area contributed by atoms with Crippen molar-refractivity contribution in [2.24, 2.45) is 0 Å². The molecule has 1 amide bonds. The number of hydrogen-bond acceptors (Lipinski definition) is 7. The third kappa shape index (κ3) is 8.55. The van der Waals surface area contributed by atoms with E-state index in [1.807, 2.05) is 60.7 Å². The Morgan fingerprint density at radius 3 is 2.15 bits per heavy atom. The first-order chi connectivity index (χ1) is 16.2. The molecule has 0 aliphatic carbocycles. The molecule has 0 unspecified atom stereocenters. The number of aliphatic hydroxyl groups excluding tert-OH is 2. The van der Waals surface area contributed by atoms with Crippen LogP contribution in [0.15, 0.2) is 60.7 Å². The van der Waals surface area contributed by atoms with Crippen molar-refractivity contribution in [1.82, 2.24) is 5.32 Å². The van der Waals surface area contributed by atoms with E-state index in [0.717, 1.165) is 11.1 Å². The van der Waals surface area contributed by atoms with Gasteiger partial charge in [-0.05, 0) is 11.1 Å². The maximum absolute atomic E-state index is 12.2. The molecule has 1 aliphatic heterocycles. The maximum atomic E-state index is 12.2. The molecular formula is C23H26Cl3NO7. The Kier molecular flexibility index (Phi) is 10.2. The highest BCUT2D eigenvalue weighted by Gasteiger charge is 2.46. The van der Waals surface area contributed by atoms with E-state index < -0.39 is 47.1 Å². The average Bonchev–Trinajstić information content (AvgIpc) is 2.81. The lowest BCUT2D eigenvalue weighted by Crippen LogP contribution is -2.65. The Labute approximate surface area is 212 Å². The van der Waals surface area contributed by atoms with Crippen LogP contribution in [-0.4, -0.2) is 64.0 Å². The topological polar surface area (TPSA) is 106 Å². The predicted octanol–water partition coefficient (Wildman–Crippen LogP) is 3.33. The summed E-state index contributed by atoms with van der Waals surface area (Å²) in [4.78, 5) is 12.2. The van der Waals surface area contributed by atoms with Gasteiger partial charge >= 0.3 is 6.09 Å². The van der Waals surface area contributed by atoms with Crippen LogP contribution in [0.4, 0.5) is 4.79 Å². The minimum atomic E-state index is -1.80. The largest absolute Gasteiger partial charge is 0.445 e. The van der Waals surface area contributed by atoms with Crippen molar-refractivity contribution < 1.29 is 34.0 Å². The number of ether oxygens (including phenoxy) is 4. The van der Waals surface area contributed by atoms with Gasteiger partial charge in [0.15, 0.2) is 6.29 Å². The second kappa shape index (κ2) is 12.9. The lowest BCUT2D eigenvalue weighted by molar-refractivity contribution is -0.266. The van der Waals surface area contributed by atoms with E-state index in [0.29, 0.717) is 6.61 Å². The number of benzene rings is 2. The molecule has 2 aromatic carbocycles. The van der Waals surface area contributed by atoms with E-state index in [9.17, 15) is 15.0 Å². The number of aliphatic hydroxyl groups is 2. The van der Waals surface area contributed by atoms with Crippen molar-refractivity contribution in [3.63, 3.8) is 0 Å². The second-order valence-corrected chi connectivity index (χ2v) is 10.2. The summed E-state index contributed by atoms with van der Waals surface area (Å²) in [6, 6.07) is 17.6. The van der Waals surface area contributed by atoms with Crippen molar-refractivity contribution in [1.29, 1.82) is 0 Å². The monoisotopic (exact) mass is 533 g/mol. The maximum Gasteiger partial charge on any atom is 0.407 e. The van der Waals surface area contributed by atoms with Crippen molar-refractivity contribution in [3.8, 4) is 0 Å². The molecule has 5 atom stereocenters. The Balaban J connectivity index is 1.65. The third-order valence-corrected chi connectivity index (χ3v) is 5.35. The first kappa shape index (κ1) is 27.0. The fourth-order valence-electron chi connectivity index (χ4n) is 3.38. The standard InChI is InChI=1S/C23H26Cl3NO7/c24-23(25,26)14-33-22(30)27-18-20(32-12-16-9-5-2-6-10-16)19(28)17(34-21(18)29)13-31-11-15-7-3-1-4-8-15/h1-10,17-21,28-29H,11-14H2,(H,27,30)/t17-,18-,19-,20-,21-/m1/s1. The quantitative estimate of drug-likeness (QED) is 0.424. The number of alkyl halides is 3. The Hall–Kier alpha value is -1.62. The van der Waals surface area contributed by atoms with E-state index in [-0.39, 0.29) is 13.2 Å². The Morgan fingerprint density at radius 1 is 0.971 bits per heavy atom. The summed E-state index contributed by atoms with van der Waals surface area (Å²) in [7, 11) is 0. The van der Waals surface area contributed by atoms with E-state index in [1.54, 1.807) is 0 Å². The van der Waals surface area contributed by atoms with Gasteiger partial charge in [0.1, 0.15) is 31.0 Å². The smallest absolute Gasteiger partial charge is 0.407 e. The van der Waals surface area contributed by atoms with Gasteiger partial charge in [0, 0.05) is 0 Å². The van der Waals surface area contributed by atoms with Gasteiger partial charge in [-0.15, -0.1) is 0 Å². The number of halogens is 3. The van der Waals surface area contributed by atoms with E-state index in [1.165, 1.54) is 0 Å². The summed E-state index contributed by atoms with van der Waals surface area (Å²) in [5.41, 5.74) is 1.78. The van der Waals surface area contributed by atoms with Crippen LogP contribution in [0.25, 0.3) is 0 Å². The summed E-state index contributed by atoms with van der Waals surface area (Å²) in [5.74, 6) is 0. The van der Waals surface area contributed by atoms with Crippen LogP contribution in [0.1, 0.15) is 11.1 Å². The SMILES string of the molecule is O=C(N[C@@H]1[C@@H](OCc2ccccc2)[C@H](O)[C@@H](COCc2ccccc2)O[C@H]1O)OCC(Cl)(Cl)Cl. The molecule has 0 saturated carbocycles. The summed E-state index contributed by atoms with van der Waals surface area (Å²) in [6.07, 6.45) is -5.68. The summed E-state index contributed by atoms with van der Waals surface area (Å²) >= 11 is 16.8. The number of alkyl carbamates (subject to hydrolysis) is 1. The zero-order valence-electron chi connectivity index (χ0n) is 18.1. The van der Waals surface area contributed by atoms with Gasteiger partial charge in [-0.25, -0.2) is 4.79 Å². The molecular weight excluding hydrogens is 509 g/mol. The summed E-state index contributed by atoms with van der Waals surface area (Å²) in [5, 5.41) is 24.0. The Bertz CT molecular complexity index is 885. The van der Waals surface area contributed by atoms with E-state index in [4.69, 9.17) is 53.8 Å². The molecule has 1 aliphatic rings. The molecule has 3 N–H and O–H groups in total. The Morgan fingerprint density at radius 2 is 1.56 bits per heavy atom. The van der Waals surface area contributed by atoms with Crippen LogP contribution >= 0.6 is 34.8 Å². The lowest BCUT2D eigenvalue weighted by atomic mass is 9.96. The van der Waals surface area contributed by atoms with Gasteiger partial charge in [0.05, 0.1) is 19.8 Å². The fraction of sp³-hybridized carbons (Fsp3) is 0.435. The van der Waals surface area contributed by atoms with Crippen molar-refractivity contribution in [2.75, 3.05) is 13.2 Å². The normalized spacial score (nSPS) is 25.0. The minimum Gasteiger partial charge on any atom is -0.445 e. The highest BCUT2D eigenvalue weighted by atomic mass is 35.6. The molecule has 0 bridgehead atoms. The molecule has 3 rings (SSSR count). The number of hydrogen-bond donors (Lipinski definition) is 3. The number of carbonyl (C=O) groups is 1. The number of rotatable bonds is 9. The molecule has 34 heavy (non-hydrogen) atoms. The first-order valence-electron chi connectivity index (χ1n) is 10.5. The van der Waals surface area contributed by atoms with Gasteiger partial charge in [0.2, 0.25) is 3.79 Å². The molecule has 1 fully saturated rings. The molecule has 1 saturated heterocycles. The molecule has 8 nitrogen and oxygen atoms in total. The third-order valence-electron chi connectivity index (χ3n) is 5.02. The van der Waals surface area contributed by atoms with Crippen molar-refractivity contribution in [2.45, 2.75) is 47.7 Å². The van der Waals surface area contributed by atoms with E-state index in [2.05, 4.69) is 5.32 Å². The van der Waals surface area contributed by atoms with Crippen LogP contribution < -0.4 is 5.32 Å². The van der Waals surface area contributed by atoms with Gasteiger partial charge < -0.3 is 34.5 Å². The van der Waals surface area contributed by atoms with Crippen molar-refractivity contribution >= 4 is 40.9 Å². The molecule has 11 heteroatoms. The molecule has 0 radical (unpaired) electrons. The van der Waals surface area contributed by atoms with Crippen molar-refractivity contribution in [3.05, 3.63) is 71.8 Å². The van der Waals surface area contributed by atoms with Crippen LogP contribution in [0.2, 0.25) is 0 Å². The minimum absolute atomic E-state index is 0.0112. The highest BCUT2D eigenvalue weighted by molar-refractivity contribution is 6.67. The number of nitrogens with one attached hydrogen (secondary N) is 1. The zero-order valence-corrected chi connectivity index (χ0v) is 20.3. The number of amides is 1. The molecule has 1 heterocycles. The number of carbonyl (C=O) groups excluding carboxylic acids is 1. The van der Waals surface area contributed by atoms with Gasteiger partial charge in [-0.1, -0.05) is 95.5 Å². The first-order valence-corrected chi connectivity index (χ1v) is 11.6. The molecule has 0 aromatic heterocycles. The summed E-state index contributed by atoms with van der Waals surface area (Å²) in [6.45, 7) is -0.109. The molecule has 186 valence electrons. The van der Waals surface area contributed by atoms with Crippen LogP contribution in [-0.2, 0) is 32.2 Å². The van der Waals surface area contributed by atoms with E-state index >= 15 is 0 Å². The zero-order chi connectivity index (χ0) is 24.6. The second-order valence-electron chi connectivity index (χ2n) is 7.68. The average molecular weight is 535 g/mol. The predicted molar refractivity (Wildman–Crippen MR) is 127 cm³/mol. The van der Waals surface area contributed by atoms with Gasteiger partial charge in [0.25, 0.3) is 0 Å². The van der Waals surface area contributed by atoms with Crippen LogP contribution in [0, 0.1) is 0 Å². The van der Waals surface area contributed by atoms with Gasteiger partial charge in [-0.3, -0.25) is 0 Å². The fourth-order valence-corrected chi connectivity index (χ4v) is 3.55. The lowest BCUT2D eigenvalue weighted by Gasteiger charge is -2.42. The van der Waals surface area contributed by atoms with Gasteiger partial charge in [-0.2, -0.15) is 0 Å². The summed E-state index contributed by atoms with van der Waals surface area (Å²) < 4.78 is 20.2. The highest BCUT2D eigenvalue weighted by Crippen LogP contribution is 2.27. The van der Waals surface area contributed by atoms with Crippen LogP contribution in [0.5, 0.6) is 0 Å².